The van der Waals surface area contributed by atoms with Gasteiger partial charge in [0.25, 0.3) is 11.1 Å². The predicted molar refractivity (Wildman–Crippen MR) is 98.7 cm³/mol. The molecule has 0 N–H and O–H groups in total. The standard InChI is InChI=1S/C19H15NO5S/c1-11-3-5-13(6-4-11)20-18(21)17(26-19(20)22)8-12-7-15-16(25-10-24-15)9-14(12)23-2/h3-9H,10H2,1-2H3/b17-8-. The first kappa shape index (κ1) is 16.5. The molecule has 1 saturated heterocycles. The van der Waals surface area contributed by atoms with Crippen LogP contribution in [0.4, 0.5) is 10.5 Å². The van der Waals surface area contributed by atoms with Gasteiger partial charge in [0.15, 0.2) is 11.5 Å². The average Bonchev–Trinajstić information content (AvgIpc) is 3.19. The molecular formula is C19H15NO5S. The molecule has 2 aliphatic heterocycles. The van der Waals surface area contributed by atoms with Crippen LogP contribution in [0, 0.1) is 6.92 Å². The highest BCUT2D eigenvalue weighted by molar-refractivity contribution is 8.19. The minimum Gasteiger partial charge on any atom is -0.496 e. The van der Waals surface area contributed by atoms with E-state index in [1.807, 2.05) is 19.1 Å². The second kappa shape index (κ2) is 6.42. The molecule has 6 nitrogen and oxygen atoms in total. The molecule has 4 rings (SSSR count). The number of hydrogen-bond acceptors (Lipinski definition) is 6. The lowest BCUT2D eigenvalue weighted by Crippen LogP contribution is -2.27. The van der Waals surface area contributed by atoms with Gasteiger partial charge in [-0.15, -0.1) is 0 Å². The van der Waals surface area contributed by atoms with Gasteiger partial charge in [-0.1, -0.05) is 17.7 Å². The van der Waals surface area contributed by atoms with Gasteiger partial charge in [0.1, 0.15) is 5.75 Å². The number of carbonyl (C=O) groups is 2. The SMILES string of the molecule is COc1cc2c(cc1/C=C1\SC(=O)N(c3ccc(C)cc3)C1=O)OCO2. The lowest BCUT2D eigenvalue weighted by molar-refractivity contribution is -0.113. The van der Waals surface area contributed by atoms with Gasteiger partial charge in [-0.05, 0) is 43.0 Å². The van der Waals surface area contributed by atoms with Crippen molar-refractivity contribution in [3.63, 3.8) is 0 Å². The number of amides is 2. The van der Waals surface area contributed by atoms with Crippen molar-refractivity contribution in [1.82, 2.24) is 0 Å². The van der Waals surface area contributed by atoms with Gasteiger partial charge in [-0.3, -0.25) is 9.59 Å². The minimum absolute atomic E-state index is 0.145. The second-order valence-corrected chi connectivity index (χ2v) is 6.79. The highest BCUT2D eigenvalue weighted by Crippen LogP contribution is 2.41. The number of methoxy groups -OCH3 is 1. The molecule has 26 heavy (non-hydrogen) atoms. The molecule has 0 atom stereocenters. The van der Waals surface area contributed by atoms with E-state index in [4.69, 9.17) is 14.2 Å². The van der Waals surface area contributed by atoms with Crippen molar-refractivity contribution in [2.75, 3.05) is 18.8 Å². The zero-order valence-electron chi connectivity index (χ0n) is 14.1. The zero-order chi connectivity index (χ0) is 18.3. The molecule has 2 aliphatic rings. The van der Waals surface area contributed by atoms with Crippen LogP contribution in [-0.2, 0) is 4.79 Å². The number of rotatable bonds is 3. The van der Waals surface area contributed by atoms with Gasteiger partial charge >= 0.3 is 0 Å². The largest absolute Gasteiger partial charge is 0.496 e. The number of aryl methyl sites for hydroxylation is 1. The maximum Gasteiger partial charge on any atom is 0.298 e. The average molecular weight is 369 g/mol. The minimum atomic E-state index is -0.358. The third-order valence-electron chi connectivity index (χ3n) is 4.10. The molecular weight excluding hydrogens is 354 g/mol. The Labute approximate surface area is 154 Å². The number of imide groups is 1. The molecule has 0 radical (unpaired) electrons. The number of nitrogens with zero attached hydrogens (tertiary/aromatic N) is 1. The van der Waals surface area contributed by atoms with Gasteiger partial charge in [-0.2, -0.15) is 0 Å². The summed E-state index contributed by atoms with van der Waals surface area (Å²) in [7, 11) is 1.53. The maximum absolute atomic E-state index is 12.8. The molecule has 132 valence electrons. The van der Waals surface area contributed by atoms with Crippen LogP contribution < -0.4 is 19.1 Å². The highest BCUT2D eigenvalue weighted by Gasteiger charge is 2.36. The molecule has 0 saturated carbocycles. The summed E-state index contributed by atoms with van der Waals surface area (Å²) >= 11 is 0.899. The third kappa shape index (κ3) is 2.80. The lowest BCUT2D eigenvalue weighted by Gasteiger charge is -2.12. The van der Waals surface area contributed by atoms with E-state index in [0.29, 0.717) is 33.4 Å². The van der Waals surface area contributed by atoms with E-state index in [0.717, 1.165) is 17.3 Å². The van der Waals surface area contributed by atoms with Crippen LogP contribution in [0.2, 0.25) is 0 Å². The van der Waals surface area contributed by atoms with E-state index in [1.54, 1.807) is 30.3 Å². The summed E-state index contributed by atoms with van der Waals surface area (Å²) in [6, 6.07) is 10.7. The first-order chi connectivity index (χ1) is 12.6. The third-order valence-corrected chi connectivity index (χ3v) is 4.97. The van der Waals surface area contributed by atoms with E-state index in [2.05, 4.69) is 0 Å². The van der Waals surface area contributed by atoms with E-state index in [1.165, 1.54) is 12.0 Å². The molecule has 2 aromatic carbocycles. The second-order valence-electron chi connectivity index (χ2n) is 5.80. The number of hydrogen-bond donors (Lipinski definition) is 0. The maximum atomic E-state index is 12.8. The highest BCUT2D eigenvalue weighted by atomic mass is 32.2. The number of thioether (sulfide) groups is 1. The van der Waals surface area contributed by atoms with Crippen molar-refractivity contribution in [1.29, 1.82) is 0 Å². The van der Waals surface area contributed by atoms with Gasteiger partial charge in [0.05, 0.1) is 17.7 Å². The van der Waals surface area contributed by atoms with Crippen molar-refractivity contribution in [2.24, 2.45) is 0 Å². The molecule has 0 aliphatic carbocycles. The number of anilines is 1. The van der Waals surface area contributed by atoms with Crippen LogP contribution in [0.5, 0.6) is 17.2 Å². The zero-order valence-corrected chi connectivity index (χ0v) is 15.0. The van der Waals surface area contributed by atoms with E-state index in [-0.39, 0.29) is 17.9 Å². The molecule has 0 aromatic heterocycles. The van der Waals surface area contributed by atoms with Gasteiger partial charge in [0, 0.05) is 11.6 Å². The smallest absolute Gasteiger partial charge is 0.298 e. The van der Waals surface area contributed by atoms with Crippen LogP contribution in [0.3, 0.4) is 0 Å². The van der Waals surface area contributed by atoms with Gasteiger partial charge in [-0.25, -0.2) is 4.90 Å². The molecule has 0 spiro atoms. The first-order valence-electron chi connectivity index (χ1n) is 7.89. The summed E-state index contributed by atoms with van der Waals surface area (Å²) in [6.45, 7) is 2.09. The topological polar surface area (TPSA) is 65.1 Å². The monoisotopic (exact) mass is 369 g/mol. The van der Waals surface area contributed by atoms with Crippen molar-refractivity contribution in [3.8, 4) is 17.2 Å². The summed E-state index contributed by atoms with van der Waals surface area (Å²) in [4.78, 5) is 26.6. The predicted octanol–water partition coefficient (Wildman–Crippen LogP) is 3.97. The summed E-state index contributed by atoms with van der Waals surface area (Å²) in [6.07, 6.45) is 1.64. The van der Waals surface area contributed by atoms with Crippen molar-refractivity contribution in [3.05, 3.63) is 52.4 Å². The Bertz CT molecular complexity index is 936. The van der Waals surface area contributed by atoms with Crippen molar-refractivity contribution >= 4 is 34.7 Å². The lowest BCUT2D eigenvalue weighted by atomic mass is 10.1. The van der Waals surface area contributed by atoms with E-state index >= 15 is 0 Å². The number of carbonyl (C=O) groups excluding carboxylic acids is 2. The van der Waals surface area contributed by atoms with Crippen LogP contribution in [0.15, 0.2) is 41.3 Å². The van der Waals surface area contributed by atoms with Crippen LogP contribution >= 0.6 is 11.8 Å². The molecule has 2 amide bonds. The molecule has 2 heterocycles. The van der Waals surface area contributed by atoms with Crippen LogP contribution in [0.25, 0.3) is 6.08 Å². The Balaban J connectivity index is 1.70. The fraction of sp³-hybridized carbons (Fsp3) is 0.158. The molecule has 0 unspecified atom stereocenters. The summed E-state index contributed by atoms with van der Waals surface area (Å²) in [5.41, 5.74) is 2.26. The van der Waals surface area contributed by atoms with E-state index in [9.17, 15) is 9.59 Å². The van der Waals surface area contributed by atoms with Crippen molar-refractivity contribution < 1.29 is 23.8 Å². The Morgan fingerprint density at radius 1 is 1.12 bits per heavy atom. The Morgan fingerprint density at radius 2 is 1.81 bits per heavy atom. The Hall–Kier alpha value is -2.93. The summed E-state index contributed by atoms with van der Waals surface area (Å²) in [5.74, 6) is 1.35. The molecule has 1 fully saturated rings. The first-order valence-corrected chi connectivity index (χ1v) is 8.71. The van der Waals surface area contributed by atoms with Crippen LogP contribution in [0.1, 0.15) is 11.1 Å². The fourth-order valence-electron chi connectivity index (χ4n) is 2.75. The summed E-state index contributed by atoms with van der Waals surface area (Å²) in [5, 5.41) is -0.329. The fourth-order valence-corrected chi connectivity index (χ4v) is 3.59. The molecule has 7 heteroatoms. The summed E-state index contributed by atoms with van der Waals surface area (Å²) < 4.78 is 16.1. The Kier molecular flexibility index (Phi) is 4.08. The van der Waals surface area contributed by atoms with Gasteiger partial charge < -0.3 is 14.2 Å². The number of fused-ring (bicyclic) bond motifs is 1. The number of benzene rings is 2. The van der Waals surface area contributed by atoms with Crippen LogP contribution in [-0.4, -0.2) is 25.0 Å². The quantitative estimate of drug-likeness (QED) is 0.763. The Morgan fingerprint density at radius 3 is 2.50 bits per heavy atom. The van der Waals surface area contributed by atoms with E-state index < -0.39 is 0 Å². The number of ether oxygens (including phenoxy) is 3. The normalized spacial score (nSPS) is 17.3. The van der Waals surface area contributed by atoms with Crippen molar-refractivity contribution in [2.45, 2.75) is 6.92 Å². The van der Waals surface area contributed by atoms with Gasteiger partial charge in [0.2, 0.25) is 6.79 Å². The molecule has 0 bridgehead atoms. The molecule has 2 aromatic rings.